The first-order valence-electron chi connectivity index (χ1n) is 9.63. The highest BCUT2D eigenvalue weighted by Gasteiger charge is 2.16. The van der Waals surface area contributed by atoms with Gasteiger partial charge < -0.3 is 15.0 Å². The van der Waals surface area contributed by atoms with Crippen molar-refractivity contribution in [3.63, 3.8) is 0 Å². The van der Waals surface area contributed by atoms with E-state index >= 15 is 0 Å². The van der Waals surface area contributed by atoms with E-state index in [0.29, 0.717) is 0 Å². The van der Waals surface area contributed by atoms with E-state index in [4.69, 9.17) is 16.3 Å². The summed E-state index contributed by atoms with van der Waals surface area (Å²) in [7, 11) is 1.70. The number of piperazine rings is 1. The molecule has 146 valence electrons. The number of halogens is 1. The number of hydrogen-bond acceptors (Lipinski definition) is 5. The normalized spacial score (nSPS) is 15.0. The molecule has 1 fully saturated rings. The lowest BCUT2D eigenvalue weighted by atomic mass is 10.2. The maximum atomic E-state index is 6.21. The van der Waals surface area contributed by atoms with Crippen LogP contribution in [0.5, 0.6) is 5.75 Å². The highest BCUT2D eigenvalue weighted by molar-refractivity contribution is 6.35. The SMILES string of the molecule is COc1ccc(N2CCN(CCNc3ccc4c(Cl)cccc4n3)CC2)cc1. The maximum Gasteiger partial charge on any atom is 0.126 e. The summed E-state index contributed by atoms with van der Waals surface area (Å²) in [4.78, 5) is 9.57. The summed E-state index contributed by atoms with van der Waals surface area (Å²) >= 11 is 6.21. The van der Waals surface area contributed by atoms with Crippen LogP contribution >= 0.6 is 11.6 Å². The number of nitrogens with one attached hydrogen (secondary N) is 1. The Morgan fingerprint density at radius 1 is 1.00 bits per heavy atom. The summed E-state index contributed by atoms with van der Waals surface area (Å²) in [5.41, 5.74) is 2.18. The molecular formula is C22H25ClN4O. The maximum absolute atomic E-state index is 6.21. The van der Waals surface area contributed by atoms with Crippen LogP contribution in [0.4, 0.5) is 11.5 Å². The van der Waals surface area contributed by atoms with Crippen LogP contribution in [-0.2, 0) is 0 Å². The van der Waals surface area contributed by atoms with E-state index < -0.39 is 0 Å². The van der Waals surface area contributed by atoms with Gasteiger partial charge in [-0.2, -0.15) is 0 Å². The van der Waals surface area contributed by atoms with Crippen molar-refractivity contribution < 1.29 is 4.74 Å². The van der Waals surface area contributed by atoms with E-state index in [1.54, 1.807) is 7.11 Å². The van der Waals surface area contributed by atoms with Crippen LogP contribution in [0.2, 0.25) is 5.02 Å². The van der Waals surface area contributed by atoms with E-state index in [1.807, 2.05) is 42.5 Å². The van der Waals surface area contributed by atoms with E-state index in [0.717, 1.165) is 66.8 Å². The van der Waals surface area contributed by atoms with Crippen molar-refractivity contribution in [1.29, 1.82) is 0 Å². The van der Waals surface area contributed by atoms with Gasteiger partial charge in [-0.3, -0.25) is 4.90 Å². The number of benzene rings is 2. The molecule has 0 spiro atoms. The number of ether oxygens (including phenoxy) is 1. The molecule has 1 N–H and O–H groups in total. The molecule has 1 saturated heterocycles. The first-order chi connectivity index (χ1) is 13.7. The number of methoxy groups -OCH3 is 1. The Morgan fingerprint density at radius 2 is 1.79 bits per heavy atom. The van der Waals surface area contributed by atoms with Gasteiger partial charge in [-0.1, -0.05) is 17.7 Å². The summed E-state index contributed by atoms with van der Waals surface area (Å²) in [6.07, 6.45) is 0. The first kappa shape index (κ1) is 18.8. The van der Waals surface area contributed by atoms with Gasteiger partial charge in [0.05, 0.1) is 12.6 Å². The molecule has 0 amide bonds. The molecule has 0 radical (unpaired) electrons. The second kappa shape index (κ2) is 8.67. The minimum absolute atomic E-state index is 0.742. The Balaban J connectivity index is 1.25. The number of pyridine rings is 1. The van der Waals surface area contributed by atoms with Crippen LogP contribution in [0.3, 0.4) is 0 Å². The summed E-state index contributed by atoms with van der Waals surface area (Å²) in [5, 5.41) is 5.17. The Hall–Kier alpha value is -2.50. The molecular weight excluding hydrogens is 372 g/mol. The average Bonchev–Trinajstić information content (AvgIpc) is 2.74. The summed E-state index contributed by atoms with van der Waals surface area (Å²) in [6, 6.07) is 18.2. The average molecular weight is 397 g/mol. The van der Waals surface area contributed by atoms with Crippen LogP contribution in [0.25, 0.3) is 10.9 Å². The minimum Gasteiger partial charge on any atom is -0.497 e. The van der Waals surface area contributed by atoms with Gasteiger partial charge in [0.1, 0.15) is 11.6 Å². The largest absolute Gasteiger partial charge is 0.497 e. The highest BCUT2D eigenvalue weighted by Crippen LogP contribution is 2.23. The van der Waals surface area contributed by atoms with E-state index in [2.05, 4.69) is 32.2 Å². The molecule has 2 aromatic carbocycles. The lowest BCUT2D eigenvalue weighted by molar-refractivity contribution is 0.267. The Bertz CT molecular complexity index is 923. The van der Waals surface area contributed by atoms with Crippen molar-refractivity contribution >= 4 is 34.0 Å². The predicted molar refractivity (Wildman–Crippen MR) is 117 cm³/mol. The molecule has 1 aliphatic rings. The van der Waals surface area contributed by atoms with Gasteiger partial charge in [0.25, 0.3) is 0 Å². The number of nitrogens with zero attached hydrogens (tertiary/aromatic N) is 3. The third kappa shape index (κ3) is 4.32. The van der Waals surface area contributed by atoms with Gasteiger partial charge >= 0.3 is 0 Å². The van der Waals surface area contributed by atoms with Crippen molar-refractivity contribution in [2.45, 2.75) is 0 Å². The van der Waals surface area contributed by atoms with Crippen LogP contribution in [-0.4, -0.2) is 56.3 Å². The molecule has 3 aromatic rings. The second-order valence-corrected chi connectivity index (χ2v) is 7.36. The molecule has 28 heavy (non-hydrogen) atoms. The molecule has 0 saturated carbocycles. The van der Waals surface area contributed by atoms with Gasteiger partial charge in [-0.25, -0.2) is 4.98 Å². The summed E-state index contributed by atoms with van der Waals surface area (Å²) in [5.74, 6) is 1.80. The quantitative estimate of drug-likeness (QED) is 0.678. The number of aromatic nitrogens is 1. The smallest absolute Gasteiger partial charge is 0.126 e. The van der Waals surface area contributed by atoms with E-state index in [9.17, 15) is 0 Å². The van der Waals surface area contributed by atoms with Crippen molar-refractivity contribution in [3.05, 3.63) is 59.6 Å². The van der Waals surface area contributed by atoms with Crippen molar-refractivity contribution in [1.82, 2.24) is 9.88 Å². The van der Waals surface area contributed by atoms with Gasteiger partial charge in [-0.05, 0) is 48.5 Å². The number of hydrogen-bond donors (Lipinski definition) is 1. The standard InChI is InChI=1S/C22H25ClN4O/c1-28-18-7-5-17(6-8-18)27-15-13-26(14-16-27)12-11-24-22-10-9-19-20(23)3-2-4-21(19)25-22/h2-10H,11-16H2,1H3,(H,24,25). The van der Waals surface area contributed by atoms with E-state index in [-0.39, 0.29) is 0 Å². The van der Waals surface area contributed by atoms with Gasteiger partial charge in [-0.15, -0.1) is 0 Å². The van der Waals surface area contributed by atoms with Crippen molar-refractivity contribution in [3.8, 4) is 5.75 Å². The number of rotatable bonds is 6. The zero-order valence-corrected chi connectivity index (χ0v) is 16.8. The molecule has 0 unspecified atom stereocenters. The lowest BCUT2D eigenvalue weighted by Crippen LogP contribution is -2.47. The Morgan fingerprint density at radius 3 is 2.54 bits per heavy atom. The van der Waals surface area contributed by atoms with Crippen molar-refractivity contribution in [2.24, 2.45) is 0 Å². The molecule has 1 aliphatic heterocycles. The zero-order chi connectivity index (χ0) is 19.3. The molecule has 6 heteroatoms. The lowest BCUT2D eigenvalue weighted by Gasteiger charge is -2.36. The fraction of sp³-hybridized carbons (Fsp3) is 0.318. The van der Waals surface area contributed by atoms with E-state index in [1.165, 1.54) is 5.69 Å². The number of fused-ring (bicyclic) bond motifs is 1. The molecule has 0 atom stereocenters. The minimum atomic E-state index is 0.742. The summed E-state index contributed by atoms with van der Waals surface area (Å²) in [6.45, 7) is 6.09. The Labute approximate surface area is 170 Å². The van der Waals surface area contributed by atoms with Crippen LogP contribution in [0.1, 0.15) is 0 Å². The third-order valence-corrected chi connectivity index (χ3v) is 5.55. The third-order valence-electron chi connectivity index (χ3n) is 5.22. The monoisotopic (exact) mass is 396 g/mol. The predicted octanol–water partition coefficient (Wildman–Crippen LogP) is 4.13. The fourth-order valence-electron chi connectivity index (χ4n) is 3.58. The second-order valence-electron chi connectivity index (χ2n) is 6.96. The number of anilines is 2. The zero-order valence-electron chi connectivity index (χ0n) is 16.1. The van der Waals surface area contributed by atoms with Gasteiger partial charge in [0, 0.05) is 55.4 Å². The first-order valence-corrected chi connectivity index (χ1v) is 10.0. The van der Waals surface area contributed by atoms with Crippen LogP contribution in [0, 0.1) is 0 Å². The molecule has 0 aliphatic carbocycles. The Kier molecular flexibility index (Phi) is 5.84. The van der Waals surface area contributed by atoms with Gasteiger partial charge in [0.15, 0.2) is 0 Å². The van der Waals surface area contributed by atoms with Crippen LogP contribution < -0.4 is 15.0 Å². The molecule has 2 heterocycles. The summed E-state index contributed by atoms with van der Waals surface area (Å²) < 4.78 is 5.24. The van der Waals surface area contributed by atoms with Crippen LogP contribution in [0.15, 0.2) is 54.6 Å². The molecule has 0 bridgehead atoms. The fourth-order valence-corrected chi connectivity index (χ4v) is 3.81. The highest BCUT2D eigenvalue weighted by atomic mass is 35.5. The molecule has 1 aromatic heterocycles. The molecule has 4 rings (SSSR count). The topological polar surface area (TPSA) is 40.6 Å². The molecule has 5 nitrogen and oxygen atoms in total. The van der Waals surface area contributed by atoms with Crippen molar-refractivity contribution in [2.75, 3.05) is 56.6 Å². The van der Waals surface area contributed by atoms with Gasteiger partial charge in [0.2, 0.25) is 0 Å².